The molecule has 0 saturated heterocycles. The Morgan fingerprint density at radius 1 is 1.53 bits per heavy atom. The van der Waals surface area contributed by atoms with Crippen LogP contribution in [0.2, 0.25) is 0 Å². The second-order valence-electron chi connectivity index (χ2n) is 4.16. The topological polar surface area (TPSA) is 16.1 Å². The summed E-state index contributed by atoms with van der Waals surface area (Å²) in [5, 5.41) is 0. The molecule has 2 nitrogen and oxygen atoms in total. The van der Waals surface area contributed by atoms with E-state index in [2.05, 4.69) is 38.8 Å². The fraction of sp³-hybridized carbons (Fsp3) is 0.583. The SMILES string of the molecule is CCN(CC1CCC1)c1ccncc1Br. The Kier molecular flexibility index (Phi) is 3.62. The molecule has 1 aromatic heterocycles. The number of hydrogen-bond donors (Lipinski definition) is 0. The first kappa shape index (κ1) is 10.9. The molecule has 0 aliphatic heterocycles. The highest BCUT2D eigenvalue weighted by atomic mass is 79.9. The number of pyridine rings is 1. The predicted octanol–water partition coefficient (Wildman–Crippen LogP) is 3.47. The van der Waals surface area contributed by atoms with Gasteiger partial charge in [-0.2, -0.15) is 0 Å². The van der Waals surface area contributed by atoms with Crippen molar-refractivity contribution in [1.29, 1.82) is 0 Å². The molecular formula is C12H17BrN2. The Morgan fingerprint density at radius 2 is 2.33 bits per heavy atom. The first-order chi connectivity index (χ1) is 7.31. The Hall–Kier alpha value is -0.570. The smallest absolute Gasteiger partial charge is 0.0592 e. The van der Waals surface area contributed by atoms with Gasteiger partial charge in [-0.05, 0) is 47.7 Å². The lowest BCUT2D eigenvalue weighted by atomic mass is 9.85. The lowest BCUT2D eigenvalue weighted by Crippen LogP contribution is -2.32. The van der Waals surface area contributed by atoms with Gasteiger partial charge >= 0.3 is 0 Å². The van der Waals surface area contributed by atoms with Crippen molar-refractivity contribution in [2.75, 3.05) is 18.0 Å². The van der Waals surface area contributed by atoms with E-state index in [-0.39, 0.29) is 0 Å². The average molecular weight is 269 g/mol. The van der Waals surface area contributed by atoms with Crippen LogP contribution < -0.4 is 4.90 Å². The molecular weight excluding hydrogens is 252 g/mol. The molecule has 0 N–H and O–H groups in total. The van der Waals surface area contributed by atoms with Crippen LogP contribution in [0.25, 0.3) is 0 Å². The van der Waals surface area contributed by atoms with Crippen LogP contribution in [-0.4, -0.2) is 18.1 Å². The Bertz CT molecular complexity index is 323. The van der Waals surface area contributed by atoms with Crippen molar-refractivity contribution in [3.8, 4) is 0 Å². The van der Waals surface area contributed by atoms with Gasteiger partial charge < -0.3 is 4.90 Å². The van der Waals surface area contributed by atoms with Gasteiger partial charge in [-0.15, -0.1) is 0 Å². The van der Waals surface area contributed by atoms with Crippen molar-refractivity contribution >= 4 is 21.6 Å². The van der Waals surface area contributed by atoms with Gasteiger partial charge in [0.05, 0.1) is 10.2 Å². The van der Waals surface area contributed by atoms with E-state index < -0.39 is 0 Å². The fourth-order valence-corrected chi connectivity index (χ4v) is 2.51. The Balaban J connectivity index is 2.07. The molecule has 0 aromatic carbocycles. The third-order valence-electron chi connectivity index (χ3n) is 3.18. The lowest BCUT2D eigenvalue weighted by molar-refractivity contribution is 0.318. The molecule has 1 aliphatic carbocycles. The Labute approximate surface area is 99.8 Å². The summed E-state index contributed by atoms with van der Waals surface area (Å²) >= 11 is 3.56. The summed E-state index contributed by atoms with van der Waals surface area (Å²) in [4.78, 5) is 6.54. The van der Waals surface area contributed by atoms with Gasteiger partial charge in [-0.25, -0.2) is 0 Å². The molecule has 0 spiro atoms. The van der Waals surface area contributed by atoms with Crippen molar-refractivity contribution in [2.45, 2.75) is 26.2 Å². The van der Waals surface area contributed by atoms with Crippen molar-refractivity contribution in [2.24, 2.45) is 5.92 Å². The molecule has 1 aliphatic rings. The van der Waals surface area contributed by atoms with E-state index in [4.69, 9.17) is 0 Å². The lowest BCUT2D eigenvalue weighted by Gasteiger charge is -2.33. The first-order valence-corrected chi connectivity index (χ1v) is 6.45. The van der Waals surface area contributed by atoms with Crippen LogP contribution in [0.5, 0.6) is 0 Å². The highest BCUT2D eigenvalue weighted by Gasteiger charge is 2.20. The fourth-order valence-electron chi connectivity index (χ4n) is 2.01. The average Bonchev–Trinajstić information content (AvgIpc) is 2.19. The van der Waals surface area contributed by atoms with Crippen LogP contribution in [0.3, 0.4) is 0 Å². The maximum absolute atomic E-state index is 4.10. The number of anilines is 1. The summed E-state index contributed by atoms with van der Waals surface area (Å²) in [6.45, 7) is 4.48. The number of nitrogens with zero attached hydrogens (tertiary/aromatic N) is 2. The zero-order chi connectivity index (χ0) is 10.7. The number of halogens is 1. The summed E-state index contributed by atoms with van der Waals surface area (Å²) in [5.41, 5.74) is 1.28. The maximum atomic E-state index is 4.10. The summed E-state index contributed by atoms with van der Waals surface area (Å²) in [6.07, 6.45) is 7.96. The van der Waals surface area contributed by atoms with Crippen molar-refractivity contribution in [1.82, 2.24) is 4.98 Å². The maximum Gasteiger partial charge on any atom is 0.0592 e. The molecule has 15 heavy (non-hydrogen) atoms. The van der Waals surface area contributed by atoms with Gasteiger partial charge in [0.25, 0.3) is 0 Å². The van der Waals surface area contributed by atoms with Gasteiger partial charge in [-0.3, -0.25) is 4.98 Å². The van der Waals surface area contributed by atoms with E-state index >= 15 is 0 Å². The summed E-state index contributed by atoms with van der Waals surface area (Å²) in [6, 6.07) is 2.09. The van der Waals surface area contributed by atoms with E-state index in [9.17, 15) is 0 Å². The molecule has 82 valence electrons. The molecule has 0 bridgehead atoms. The van der Waals surface area contributed by atoms with Crippen LogP contribution in [0.1, 0.15) is 26.2 Å². The van der Waals surface area contributed by atoms with E-state index in [0.717, 1.165) is 16.9 Å². The molecule has 0 atom stereocenters. The molecule has 0 amide bonds. The molecule has 1 saturated carbocycles. The van der Waals surface area contributed by atoms with Gasteiger partial charge in [0.15, 0.2) is 0 Å². The van der Waals surface area contributed by atoms with E-state index in [1.165, 1.54) is 31.5 Å². The second kappa shape index (κ2) is 4.97. The molecule has 3 heteroatoms. The summed E-state index contributed by atoms with van der Waals surface area (Å²) < 4.78 is 1.10. The molecule has 1 aromatic rings. The molecule has 0 unspecified atom stereocenters. The molecule has 1 heterocycles. The molecule has 0 radical (unpaired) electrons. The minimum Gasteiger partial charge on any atom is -0.371 e. The Morgan fingerprint density at radius 3 is 2.87 bits per heavy atom. The van der Waals surface area contributed by atoms with Gasteiger partial charge in [0, 0.05) is 25.5 Å². The van der Waals surface area contributed by atoms with Gasteiger partial charge in [0.2, 0.25) is 0 Å². The van der Waals surface area contributed by atoms with Crippen LogP contribution in [0.4, 0.5) is 5.69 Å². The van der Waals surface area contributed by atoms with Crippen LogP contribution in [-0.2, 0) is 0 Å². The zero-order valence-corrected chi connectivity index (χ0v) is 10.7. The largest absolute Gasteiger partial charge is 0.371 e. The third kappa shape index (κ3) is 2.51. The van der Waals surface area contributed by atoms with Crippen molar-refractivity contribution in [3.63, 3.8) is 0 Å². The normalized spacial score (nSPS) is 16.1. The monoisotopic (exact) mass is 268 g/mol. The van der Waals surface area contributed by atoms with Crippen molar-refractivity contribution < 1.29 is 0 Å². The minimum absolute atomic E-state index is 0.907. The third-order valence-corrected chi connectivity index (χ3v) is 3.79. The quantitative estimate of drug-likeness (QED) is 0.832. The van der Waals surface area contributed by atoms with E-state index in [1.54, 1.807) is 0 Å². The number of rotatable bonds is 4. The highest BCUT2D eigenvalue weighted by molar-refractivity contribution is 9.10. The van der Waals surface area contributed by atoms with Gasteiger partial charge in [-0.1, -0.05) is 6.42 Å². The van der Waals surface area contributed by atoms with Gasteiger partial charge in [0.1, 0.15) is 0 Å². The van der Waals surface area contributed by atoms with Crippen molar-refractivity contribution in [3.05, 3.63) is 22.9 Å². The van der Waals surface area contributed by atoms with E-state index in [1.807, 2.05) is 12.4 Å². The standard InChI is InChI=1S/C12H17BrN2/c1-2-15(9-10-4-3-5-10)12-6-7-14-8-11(12)13/h6-8,10H,2-5,9H2,1H3. The molecule has 1 fully saturated rings. The van der Waals surface area contributed by atoms with Crippen LogP contribution in [0.15, 0.2) is 22.9 Å². The molecule has 2 rings (SSSR count). The number of aromatic nitrogens is 1. The summed E-state index contributed by atoms with van der Waals surface area (Å²) in [5.74, 6) is 0.907. The predicted molar refractivity (Wildman–Crippen MR) is 67.2 cm³/mol. The summed E-state index contributed by atoms with van der Waals surface area (Å²) in [7, 11) is 0. The van der Waals surface area contributed by atoms with E-state index in [0.29, 0.717) is 0 Å². The highest BCUT2D eigenvalue weighted by Crippen LogP contribution is 2.31. The van der Waals surface area contributed by atoms with Crippen LogP contribution >= 0.6 is 15.9 Å². The first-order valence-electron chi connectivity index (χ1n) is 5.65. The zero-order valence-electron chi connectivity index (χ0n) is 9.12. The second-order valence-corrected chi connectivity index (χ2v) is 5.02. The van der Waals surface area contributed by atoms with Crippen LogP contribution in [0, 0.1) is 5.92 Å². The number of hydrogen-bond acceptors (Lipinski definition) is 2. The minimum atomic E-state index is 0.907.